The van der Waals surface area contributed by atoms with Gasteiger partial charge in [0.05, 0.1) is 11.9 Å². The zero-order chi connectivity index (χ0) is 13.1. The Balaban J connectivity index is 1.65. The van der Waals surface area contributed by atoms with E-state index in [4.69, 9.17) is 0 Å². The Bertz CT molecular complexity index is 658. The molecule has 19 heavy (non-hydrogen) atoms. The summed E-state index contributed by atoms with van der Waals surface area (Å²) in [6, 6.07) is 1.90. The number of tetrazole rings is 1. The summed E-state index contributed by atoms with van der Waals surface area (Å²) >= 11 is 1.55. The number of H-pyrrole nitrogens is 1. The van der Waals surface area contributed by atoms with Crippen molar-refractivity contribution < 1.29 is 4.79 Å². The van der Waals surface area contributed by atoms with Crippen LogP contribution in [0.3, 0.4) is 0 Å². The zero-order valence-corrected chi connectivity index (χ0v) is 10.5. The summed E-state index contributed by atoms with van der Waals surface area (Å²) in [6.07, 6.45) is 3.10. The van der Waals surface area contributed by atoms with Gasteiger partial charge in [-0.05, 0) is 16.7 Å². The highest BCUT2D eigenvalue weighted by atomic mass is 32.1. The van der Waals surface area contributed by atoms with Gasteiger partial charge in [0.2, 0.25) is 11.7 Å². The molecule has 1 amide bonds. The maximum Gasteiger partial charge on any atom is 0.248 e. The van der Waals surface area contributed by atoms with E-state index < -0.39 is 0 Å². The third kappa shape index (κ3) is 2.65. The number of carbonyl (C=O) groups excluding carboxylic acids is 1. The lowest BCUT2D eigenvalue weighted by molar-refractivity contribution is -0.117. The summed E-state index contributed by atoms with van der Waals surface area (Å²) in [5, 5.41) is 24.7. The van der Waals surface area contributed by atoms with Gasteiger partial charge in [0.1, 0.15) is 6.54 Å². The maximum atomic E-state index is 11.7. The van der Waals surface area contributed by atoms with Crippen LogP contribution < -0.4 is 5.32 Å². The SMILES string of the molecule is O=C(Cn1nnc(-c2ccsc2)n1)Nc1cn[nH]c1. The molecule has 0 aliphatic heterocycles. The van der Waals surface area contributed by atoms with Crippen LogP contribution in [0.1, 0.15) is 0 Å². The van der Waals surface area contributed by atoms with Gasteiger partial charge in [-0.1, -0.05) is 0 Å². The standard InChI is InChI=1S/C10H9N7OS/c18-9(13-8-3-11-12-4-8)5-17-15-10(14-16-17)7-1-2-19-6-7/h1-4,6H,5H2,(H,11,12)(H,13,18). The quantitative estimate of drug-likeness (QED) is 0.732. The molecule has 3 rings (SSSR count). The van der Waals surface area contributed by atoms with Gasteiger partial charge in [0.25, 0.3) is 0 Å². The molecule has 0 saturated carbocycles. The van der Waals surface area contributed by atoms with Gasteiger partial charge in [0.15, 0.2) is 0 Å². The van der Waals surface area contributed by atoms with E-state index in [1.165, 1.54) is 11.0 Å². The molecular formula is C10H9N7OS. The first-order valence-corrected chi connectivity index (χ1v) is 6.34. The van der Waals surface area contributed by atoms with Crippen molar-refractivity contribution >= 4 is 22.9 Å². The number of nitrogens with zero attached hydrogens (tertiary/aromatic N) is 5. The number of carbonyl (C=O) groups is 1. The maximum absolute atomic E-state index is 11.7. The van der Waals surface area contributed by atoms with Crippen LogP contribution in [0.2, 0.25) is 0 Å². The van der Waals surface area contributed by atoms with Crippen molar-refractivity contribution in [1.82, 2.24) is 30.4 Å². The Morgan fingerprint density at radius 1 is 1.53 bits per heavy atom. The Hall–Kier alpha value is -2.55. The smallest absolute Gasteiger partial charge is 0.248 e. The molecule has 0 radical (unpaired) electrons. The van der Waals surface area contributed by atoms with Crippen LogP contribution in [0.4, 0.5) is 5.69 Å². The van der Waals surface area contributed by atoms with Crippen LogP contribution in [0.25, 0.3) is 11.4 Å². The summed E-state index contributed by atoms with van der Waals surface area (Å²) in [4.78, 5) is 12.9. The molecule has 0 fully saturated rings. The molecule has 0 atom stereocenters. The van der Waals surface area contributed by atoms with Crippen LogP contribution in [-0.2, 0) is 11.3 Å². The van der Waals surface area contributed by atoms with Gasteiger partial charge in [-0.3, -0.25) is 9.89 Å². The Morgan fingerprint density at radius 3 is 3.21 bits per heavy atom. The van der Waals surface area contributed by atoms with E-state index in [0.29, 0.717) is 11.5 Å². The minimum Gasteiger partial charge on any atom is -0.322 e. The number of hydrogen-bond donors (Lipinski definition) is 2. The normalized spacial score (nSPS) is 10.5. The molecule has 3 heterocycles. The van der Waals surface area contributed by atoms with E-state index in [1.54, 1.807) is 17.5 Å². The Morgan fingerprint density at radius 2 is 2.47 bits per heavy atom. The topological polar surface area (TPSA) is 101 Å². The van der Waals surface area contributed by atoms with Gasteiger partial charge >= 0.3 is 0 Å². The van der Waals surface area contributed by atoms with Crippen LogP contribution in [-0.4, -0.2) is 36.3 Å². The first kappa shape index (κ1) is 11.5. The lowest BCUT2D eigenvalue weighted by Crippen LogP contribution is -2.20. The van der Waals surface area contributed by atoms with Crippen molar-refractivity contribution in [3.8, 4) is 11.4 Å². The van der Waals surface area contributed by atoms with Crippen molar-refractivity contribution in [2.24, 2.45) is 0 Å². The average molecular weight is 275 g/mol. The van der Waals surface area contributed by atoms with E-state index in [2.05, 4.69) is 30.9 Å². The molecule has 0 unspecified atom stereocenters. The first-order valence-electron chi connectivity index (χ1n) is 5.40. The number of aromatic amines is 1. The summed E-state index contributed by atoms with van der Waals surface area (Å²) in [7, 11) is 0. The van der Waals surface area contributed by atoms with Crippen molar-refractivity contribution in [3.63, 3.8) is 0 Å². The molecule has 0 aromatic carbocycles. The minimum absolute atomic E-state index is 0.00230. The second-order valence-electron chi connectivity index (χ2n) is 3.69. The zero-order valence-electron chi connectivity index (χ0n) is 9.65. The van der Waals surface area contributed by atoms with Gasteiger partial charge in [-0.2, -0.15) is 21.2 Å². The van der Waals surface area contributed by atoms with Gasteiger partial charge < -0.3 is 5.32 Å². The van der Waals surface area contributed by atoms with Gasteiger partial charge in [0, 0.05) is 17.1 Å². The van der Waals surface area contributed by atoms with E-state index in [-0.39, 0.29) is 12.5 Å². The summed E-state index contributed by atoms with van der Waals surface area (Å²) in [5.74, 6) is 0.271. The third-order valence-electron chi connectivity index (χ3n) is 2.30. The molecule has 0 aliphatic carbocycles. The average Bonchev–Trinajstić information content (AvgIpc) is 3.09. The predicted octanol–water partition coefficient (Wildman–Crippen LogP) is 0.763. The van der Waals surface area contributed by atoms with E-state index in [1.807, 2.05) is 16.8 Å². The monoisotopic (exact) mass is 275 g/mol. The van der Waals surface area contributed by atoms with E-state index >= 15 is 0 Å². The number of rotatable bonds is 4. The number of anilines is 1. The molecule has 0 spiro atoms. The molecule has 9 heteroatoms. The second kappa shape index (κ2) is 4.98. The van der Waals surface area contributed by atoms with E-state index in [9.17, 15) is 4.79 Å². The number of thiophene rings is 1. The molecule has 2 N–H and O–H groups in total. The summed E-state index contributed by atoms with van der Waals surface area (Å²) in [5.41, 5.74) is 1.50. The minimum atomic E-state index is -0.240. The Labute approximate surface area is 111 Å². The van der Waals surface area contributed by atoms with E-state index in [0.717, 1.165) is 5.56 Å². The molecule has 3 aromatic heterocycles. The fourth-order valence-corrected chi connectivity index (χ4v) is 2.10. The molecule has 0 aliphatic rings. The van der Waals surface area contributed by atoms with Crippen molar-refractivity contribution in [2.75, 3.05) is 5.32 Å². The number of hydrogen-bond acceptors (Lipinski definition) is 6. The highest BCUT2D eigenvalue weighted by Gasteiger charge is 2.09. The number of amides is 1. The lowest BCUT2D eigenvalue weighted by atomic mass is 10.3. The molecule has 0 saturated heterocycles. The highest BCUT2D eigenvalue weighted by molar-refractivity contribution is 7.08. The number of nitrogens with one attached hydrogen (secondary N) is 2. The second-order valence-corrected chi connectivity index (χ2v) is 4.47. The lowest BCUT2D eigenvalue weighted by Gasteiger charge is -1.99. The molecule has 0 bridgehead atoms. The molecule has 3 aromatic rings. The fourth-order valence-electron chi connectivity index (χ4n) is 1.47. The van der Waals surface area contributed by atoms with Crippen molar-refractivity contribution in [1.29, 1.82) is 0 Å². The van der Waals surface area contributed by atoms with Crippen LogP contribution >= 0.6 is 11.3 Å². The Kier molecular flexibility index (Phi) is 3.02. The first-order chi connectivity index (χ1) is 9.31. The van der Waals surface area contributed by atoms with Gasteiger partial charge in [-0.25, -0.2) is 0 Å². The molecule has 8 nitrogen and oxygen atoms in total. The van der Waals surface area contributed by atoms with Crippen LogP contribution in [0, 0.1) is 0 Å². The van der Waals surface area contributed by atoms with Crippen molar-refractivity contribution in [2.45, 2.75) is 6.54 Å². The third-order valence-corrected chi connectivity index (χ3v) is 2.98. The molecular weight excluding hydrogens is 266 g/mol. The number of aromatic nitrogens is 6. The van der Waals surface area contributed by atoms with Crippen molar-refractivity contribution in [3.05, 3.63) is 29.2 Å². The van der Waals surface area contributed by atoms with Gasteiger partial charge in [-0.15, -0.1) is 10.2 Å². The predicted molar refractivity (Wildman–Crippen MR) is 68.3 cm³/mol. The molecule has 96 valence electrons. The highest BCUT2D eigenvalue weighted by Crippen LogP contribution is 2.16. The van der Waals surface area contributed by atoms with Crippen LogP contribution in [0.15, 0.2) is 29.2 Å². The van der Waals surface area contributed by atoms with Crippen LogP contribution in [0.5, 0.6) is 0 Å². The largest absolute Gasteiger partial charge is 0.322 e. The fraction of sp³-hybridized carbons (Fsp3) is 0.100. The summed E-state index contributed by atoms with van der Waals surface area (Å²) < 4.78 is 0. The summed E-state index contributed by atoms with van der Waals surface area (Å²) in [6.45, 7) is 0.00230.